The van der Waals surface area contributed by atoms with E-state index in [9.17, 15) is 13.2 Å². The van der Waals surface area contributed by atoms with Gasteiger partial charge in [0.05, 0.1) is 11.9 Å². The van der Waals surface area contributed by atoms with Crippen molar-refractivity contribution in [3.8, 4) is 10.6 Å². The number of carbonyl (C=O) groups is 1. The van der Waals surface area contributed by atoms with Gasteiger partial charge in [-0.1, -0.05) is 66.3 Å². The minimum absolute atomic E-state index is 0.322. The molecule has 0 aliphatic heterocycles. The van der Waals surface area contributed by atoms with Crippen LogP contribution in [-0.4, -0.2) is 37.3 Å². The van der Waals surface area contributed by atoms with Crippen molar-refractivity contribution in [2.75, 3.05) is 22.4 Å². The van der Waals surface area contributed by atoms with Gasteiger partial charge in [-0.3, -0.25) is 14.4 Å². The fraction of sp³-hybridized carbons (Fsp3) is 0.250. The second-order valence-corrected chi connectivity index (χ2v) is 9.46. The molecule has 0 aliphatic rings. The molecule has 0 saturated heterocycles. The van der Waals surface area contributed by atoms with Crippen LogP contribution in [-0.2, 0) is 21.2 Å². The molecule has 0 spiro atoms. The van der Waals surface area contributed by atoms with Gasteiger partial charge < -0.3 is 0 Å². The molecule has 3 rings (SSSR count). The number of amides is 1. The van der Waals surface area contributed by atoms with Crippen molar-refractivity contribution in [2.24, 2.45) is 0 Å². The quantitative estimate of drug-likeness (QED) is 0.619. The molecule has 0 bridgehead atoms. The van der Waals surface area contributed by atoms with Crippen molar-refractivity contribution in [2.45, 2.75) is 20.3 Å². The van der Waals surface area contributed by atoms with Crippen molar-refractivity contribution in [3.63, 3.8) is 0 Å². The van der Waals surface area contributed by atoms with Crippen molar-refractivity contribution < 1.29 is 13.2 Å². The molecule has 29 heavy (non-hydrogen) atoms. The van der Waals surface area contributed by atoms with Gasteiger partial charge in [0.25, 0.3) is 0 Å². The van der Waals surface area contributed by atoms with Gasteiger partial charge in [0.1, 0.15) is 11.6 Å². The van der Waals surface area contributed by atoms with Crippen LogP contribution in [0.25, 0.3) is 10.6 Å². The summed E-state index contributed by atoms with van der Waals surface area (Å²) in [5, 5.41) is 11.8. The lowest BCUT2D eigenvalue weighted by molar-refractivity contribution is -0.114. The molecule has 1 aromatic heterocycles. The van der Waals surface area contributed by atoms with Gasteiger partial charge in [0.2, 0.25) is 21.1 Å². The Morgan fingerprint density at radius 2 is 1.79 bits per heavy atom. The maximum atomic E-state index is 12.6. The molecule has 0 aliphatic carbocycles. The van der Waals surface area contributed by atoms with Crippen LogP contribution in [0.1, 0.15) is 18.1 Å². The fourth-order valence-electron chi connectivity index (χ4n) is 2.81. The summed E-state index contributed by atoms with van der Waals surface area (Å²) in [5.41, 5.74) is 3.40. The number of nitrogens with one attached hydrogen (secondary N) is 1. The number of hydrogen-bond donors (Lipinski definition) is 1. The molecule has 3 aromatic rings. The first kappa shape index (κ1) is 20.9. The number of rotatable bonds is 7. The predicted molar refractivity (Wildman–Crippen MR) is 117 cm³/mol. The highest BCUT2D eigenvalue weighted by atomic mass is 32.2. The maximum absolute atomic E-state index is 12.6. The van der Waals surface area contributed by atoms with E-state index in [1.807, 2.05) is 50.2 Å². The van der Waals surface area contributed by atoms with E-state index in [4.69, 9.17) is 0 Å². The number of carbonyl (C=O) groups excluding carboxylic acids is 1. The molecule has 0 unspecified atom stereocenters. The van der Waals surface area contributed by atoms with E-state index >= 15 is 0 Å². The normalized spacial score (nSPS) is 11.3. The lowest BCUT2D eigenvalue weighted by Crippen LogP contribution is -2.38. The lowest BCUT2D eigenvalue weighted by atomic mass is 10.1. The van der Waals surface area contributed by atoms with Crippen LogP contribution in [0.2, 0.25) is 0 Å². The van der Waals surface area contributed by atoms with Gasteiger partial charge in [-0.2, -0.15) is 0 Å². The molecule has 0 atom stereocenters. The number of hydrogen-bond acceptors (Lipinski definition) is 6. The summed E-state index contributed by atoms with van der Waals surface area (Å²) in [6.07, 6.45) is 1.74. The molecule has 0 fully saturated rings. The number of nitrogens with zero attached hydrogens (tertiary/aromatic N) is 3. The molecule has 1 N–H and O–H groups in total. The average Bonchev–Trinajstić information content (AvgIpc) is 3.14. The van der Waals surface area contributed by atoms with Gasteiger partial charge in [-0.15, -0.1) is 10.2 Å². The summed E-state index contributed by atoms with van der Waals surface area (Å²) in [6, 6.07) is 15.0. The highest BCUT2D eigenvalue weighted by molar-refractivity contribution is 7.92. The zero-order valence-corrected chi connectivity index (χ0v) is 18.0. The van der Waals surface area contributed by atoms with Crippen molar-refractivity contribution in [1.82, 2.24) is 10.2 Å². The van der Waals surface area contributed by atoms with Gasteiger partial charge in [0.15, 0.2) is 0 Å². The van der Waals surface area contributed by atoms with E-state index in [1.54, 1.807) is 12.1 Å². The van der Waals surface area contributed by atoms with Crippen molar-refractivity contribution in [3.05, 3.63) is 59.7 Å². The Morgan fingerprint density at radius 3 is 2.45 bits per heavy atom. The van der Waals surface area contributed by atoms with E-state index in [2.05, 4.69) is 15.5 Å². The summed E-state index contributed by atoms with van der Waals surface area (Å²) >= 11 is 1.24. The highest BCUT2D eigenvalue weighted by Gasteiger charge is 2.23. The largest absolute Gasteiger partial charge is 0.299 e. The van der Waals surface area contributed by atoms with Gasteiger partial charge >= 0.3 is 0 Å². The first-order valence-corrected chi connectivity index (χ1v) is 11.7. The van der Waals surface area contributed by atoms with Gasteiger partial charge in [-0.25, -0.2) is 8.42 Å². The minimum Gasteiger partial charge on any atom is -0.299 e. The zero-order chi connectivity index (χ0) is 21.0. The molecular weight excluding hydrogens is 408 g/mol. The topological polar surface area (TPSA) is 92.3 Å². The van der Waals surface area contributed by atoms with Crippen LogP contribution in [0, 0.1) is 6.92 Å². The second-order valence-electron chi connectivity index (χ2n) is 6.58. The number of aromatic nitrogens is 2. The third-order valence-electron chi connectivity index (χ3n) is 4.30. The van der Waals surface area contributed by atoms with E-state index in [0.29, 0.717) is 22.2 Å². The van der Waals surface area contributed by atoms with E-state index < -0.39 is 15.9 Å². The van der Waals surface area contributed by atoms with Crippen LogP contribution < -0.4 is 9.62 Å². The third-order valence-corrected chi connectivity index (χ3v) is 6.31. The molecule has 7 nitrogen and oxygen atoms in total. The summed E-state index contributed by atoms with van der Waals surface area (Å²) in [5.74, 6) is -0.479. The number of sulfonamides is 1. The Morgan fingerprint density at radius 1 is 1.10 bits per heavy atom. The van der Waals surface area contributed by atoms with Crippen LogP contribution in [0.4, 0.5) is 10.8 Å². The summed E-state index contributed by atoms with van der Waals surface area (Å²) < 4.78 is 25.8. The summed E-state index contributed by atoms with van der Waals surface area (Å²) in [6.45, 7) is 3.60. The van der Waals surface area contributed by atoms with E-state index in [0.717, 1.165) is 27.3 Å². The zero-order valence-electron chi connectivity index (χ0n) is 16.4. The van der Waals surface area contributed by atoms with E-state index in [-0.39, 0.29) is 6.54 Å². The number of para-hydroxylation sites is 1. The summed E-state index contributed by atoms with van der Waals surface area (Å²) in [7, 11) is -3.64. The Bertz CT molecular complexity index is 1110. The predicted octanol–water partition coefficient (Wildman–Crippen LogP) is 3.48. The van der Waals surface area contributed by atoms with Crippen LogP contribution in [0.5, 0.6) is 0 Å². The van der Waals surface area contributed by atoms with Crippen LogP contribution in [0.3, 0.4) is 0 Å². The first-order valence-electron chi connectivity index (χ1n) is 9.04. The lowest BCUT2D eigenvalue weighted by Gasteiger charge is -2.23. The smallest absolute Gasteiger partial charge is 0.246 e. The van der Waals surface area contributed by atoms with E-state index in [1.165, 1.54) is 11.3 Å². The Balaban J connectivity index is 1.77. The van der Waals surface area contributed by atoms with Gasteiger partial charge in [0, 0.05) is 5.56 Å². The molecule has 2 aromatic carbocycles. The van der Waals surface area contributed by atoms with Crippen molar-refractivity contribution >= 4 is 38.1 Å². The first-order chi connectivity index (χ1) is 13.8. The summed E-state index contributed by atoms with van der Waals surface area (Å²) in [4.78, 5) is 12.6. The fourth-order valence-corrected chi connectivity index (χ4v) is 4.46. The van der Waals surface area contributed by atoms with Crippen molar-refractivity contribution in [1.29, 1.82) is 0 Å². The van der Waals surface area contributed by atoms with Gasteiger partial charge in [-0.05, 0) is 25.0 Å². The highest BCUT2D eigenvalue weighted by Crippen LogP contribution is 2.27. The molecule has 152 valence electrons. The Kier molecular flexibility index (Phi) is 6.29. The maximum Gasteiger partial charge on any atom is 0.246 e. The SMILES string of the molecule is CCc1ccccc1N(CC(=O)Nc1nnc(-c2ccc(C)cc2)s1)S(C)(=O)=O. The monoisotopic (exact) mass is 430 g/mol. The molecular formula is C20H22N4O3S2. The molecule has 9 heteroatoms. The van der Waals surface area contributed by atoms with Crippen LogP contribution in [0.15, 0.2) is 48.5 Å². The molecule has 1 heterocycles. The number of aryl methyl sites for hydroxylation is 2. The Hall–Kier alpha value is -2.78. The van der Waals surface area contributed by atoms with Crippen LogP contribution >= 0.6 is 11.3 Å². The minimum atomic E-state index is -3.64. The number of anilines is 2. The number of benzene rings is 2. The Labute approximate surface area is 174 Å². The average molecular weight is 431 g/mol. The molecule has 1 amide bonds. The third kappa shape index (κ3) is 5.18. The standard InChI is InChI=1S/C20H22N4O3S2/c1-4-15-7-5-6-8-17(15)24(29(3,26)27)13-18(25)21-20-23-22-19(28-20)16-11-9-14(2)10-12-16/h5-12H,4,13H2,1-3H3,(H,21,23,25). The molecule has 0 saturated carbocycles. The molecule has 0 radical (unpaired) electrons. The second kappa shape index (κ2) is 8.71.